The summed E-state index contributed by atoms with van der Waals surface area (Å²) >= 11 is 0. The third-order valence-corrected chi connectivity index (χ3v) is 5.60. The van der Waals surface area contributed by atoms with Crippen molar-refractivity contribution in [1.82, 2.24) is 9.97 Å². The number of anilines is 1. The lowest BCUT2D eigenvalue weighted by atomic mass is 9.91. The minimum Gasteiger partial charge on any atom is -0.508 e. The van der Waals surface area contributed by atoms with Crippen LogP contribution in [-0.4, -0.2) is 21.0 Å². The van der Waals surface area contributed by atoms with Crippen molar-refractivity contribution in [2.75, 3.05) is 5.32 Å². The summed E-state index contributed by atoms with van der Waals surface area (Å²) in [5.41, 5.74) is 5.00. The molecule has 1 aliphatic carbocycles. The van der Waals surface area contributed by atoms with E-state index in [0.717, 1.165) is 34.5 Å². The topological polar surface area (TPSA) is 75.1 Å². The molecular weight excluding hydrogens is 424 g/mol. The molecule has 1 amide bonds. The zero-order valence-electron chi connectivity index (χ0n) is 17.5. The highest BCUT2D eigenvalue weighted by Gasteiger charge is 2.23. The first-order valence-corrected chi connectivity index (χ1v) is 10.5. The largest absolute Gasteiger partial charge is 0.508 e. The summed E-state index contributed by atoms with van der Waals surface area (Å²) in [5, 5.41) is 12.6. The second kappa shape index (κ2) is 8.43. The molecule has 33 heavy (non-hydrogen) atoms. The van der Waals surface area contributed by atoms with E-state index in [9.17, 15) is 18.7 Å². The van der Waals surface area contributed by atoms with Crippen molar-refractivity contribution < 1.29 is 18.7 Å². The number of hydrogen-bond acceptors (Lipinski definition) is 4. The van der Waals surface area contributed by atoms with Gasteiger partial charge in [-0.15, -0.1) is 0 Å². The number of carbonyl (C=O) groups is 1. The number of halogens is 2. The van der Waals surface area contributed by atoms with E-state index in [0.29, 0.717) is 35.6 Å². The van der Waals surface area contributed by atoms with Gasteiger partial charge >= 0.3 is 0 Å². The first kappa shape index (κ1) is 20.8. The van der Waals surface area contributed by atoms with E-state index in [1.54, 1.807) is 12.1 Å². The van der Waals surface area contributed by atoms with Crippen LogP contribution in [0.1, 0.15) is 16.8 Å². The number of aryl methyl sites for hydroxylation is 2. The van der Waals surface area contributed by atoms with E-state index in [1.165, 1.54) is 6.07 Å². The number of hydrogen-bond donors (Lipinski definition) is 2. The van der Waals surface area contributed by atoms with Gasteiger partial charge in [-0.25, -0.2) is 18.7 Å². The van der Waals surface area contributed by atoms with Gasteiger partial charge in [-0.1, -0.05) is 36.4 Å². The molecule has 0 spiro atoms. The molecule has 2 N–H and O–H groups in total. The summed E-state index contributed by atoms with van der Waals surface area (Å²) in [7, 11) is 0. The predicted molar refractivity (Wildman–Crippen MR) is 121 cm³/mol. The van der Waals surface area contributed by atoms with Crippen LogP contribution in [0, 0.1) is 11.6 Å². The van der Waals surface area contributed by atoms with Crippen LogP contribution in [0.25, 0.3) is 22.5 Å². The number of nitrogens with one attached hydrogen (secondary N) is 1. The Labute approximate surface area is 188 Å². The number of carbonyl (C=O) groups excluding carboxylic acids is 1. The lowest BCUT2D eigenvalue weighted by molar-refractivity contribution is -0.115. The van der Waals surface area contributed by atoms with Gasteiger partial charge in [0.2, 0.25) is 5.91 Å². The lowest BCUT2D eigenvalue weighted by Gasteiger charge is -2.21. The molecule has 0 saturated heterocycles. The van der Waals surface area contributed by atoms with Gasteiger partial charge in [-0.2, -0.15) is 0 Å². The number of rotatable bonds is 4. The average molecular weight is 443 g/mol. The van der Waals surface area contributed by atoms with Crippen LogP contribution in [0.3, 0.4) is 0 Å². The van der Waals surface area contributed by atoms with Crippen LogP contribution in [0.2, 0.25) is 0 Å². The maximum Gasteiger partial charge on any atom is 0.230 e. The summed E-state index contributed by atoms with van der Waals surface area (Å²) in [5.74, 6) is -1.85. The molecule has 164 valence electrons. The molecule has 1 aliphatic rings. The Morgan fingerprint density at radius 3 is 2.52 bits per heavy atom. The molecule has 1 heterocycles. The second-order valence-electron chi connectivity index (χ2n) is 7.90. The van der Waals surface area contributed by atoms with E-state index >= 15 is 0 Å². The number of amides is 1. The van der Waals surface area contributed by atoms with Gasteiger partial charge in [0.1, 0.15) is 11.4 Å². The second-order valence-corrected chi connectivity index (χ2v) is 7.90. The Morgan fingerprint density at radius 1 is 0.909 bits per heavy atom. The van der Waals surface area contributed by atoms with Gasteiger partial charge in [0.15, 0.2) is 17.5 Å². The monoisotopic (exact) mass is 443 g/mol. The molecule has 0 bridgehead atoms. The molecule has 0 atom stereocenters. The zero-order valence-corrected chi connectivity index (χ0v) is 17.5. The van der Waals surface area contributed by atoms with Crippen LogP contribution in [0.4, 0.5) is 14.6 Å². The highest BCUT2D eigenvalue weighted by molar-refractivity contribution is 5.95. The fourth-order valence-electron chi connectivity index (χ4n) is 4.03. The molecule has 7 heteroatoms. The molecule has 0 radical (unpaired) electrons. The quantitative estimate of drug-likeness (QED) is 0.462. The Morgan fingerprint density at radius 2 is 1.73 bits per heavy atom. The number of aromatic nitrogens is 2. The minimum atomic E-state index is -0.997. The van der Waals surface area contributed by atoms with Gasteiger partial charge in [0, 0.05) is 11.1 Å². The minimum absolute atomic E-state index is 0.133. The highest BCUT2D eigenvalue weighted by Crippen LogP contribution is 2.36. The molecular formula is C26H19F2N3O2. The number of phenols is 1. The highest BCUT2D eigenvalue weighted by atomic mass is 19.2. The number of nitrogens with zero attached hydrogens (tertiary/aromatic N) is 2. The Hall–Kier alpha value is -4.13. The van der Waals surface area contributed by atoms with Gasteiger partial charge < -0.3 is 10.4 Å². The molecule has 0 fully saturated rings. The number of benzene rings is 3. The van der Waals surface area contributed by atoms with E-state index in [4.69, 9.17) is 9.97 Å². The summed E-state index contributed by atoms with van der Waals surface area (Å²) < 4.78 is 26.7. The SMILES string of the molecule is O=C(Cc1ccc(F)c(F)c1)Nc1nc2c(nc1-c1ccccc1)-c1ccc(O)cc1CC2. The molecule has 0 unspecified atom stereocenters. The molecule has 1 aromatic heterocycles. The number of phenolic OH excluding ortho intramolecular Hbond substituents is 1. The van der Waals surface area contributed by atoms with Crippen molar-refractivity contribution in [2.24, 2.45) is 0 Å². The predicted octanol–water partition coefficient (Wildman–Crippen LogP) is 5.07. The van der Waals surface area contributed by atoms with Crippen molar-refractivity contribution in [2.45, 2.75) is 19.3 Å². The van der Waals surface area contributed by atoms with E-state index in [1.807, 2.05) is 36.4 Å². The zero-order chi connectivity index (χ0) is 22.9. The van der Waals surface area contributed by atoms with Crippen molar-refractivity contribution in [3.63, 3.8) is 0 Å². The third-order valence-electron chi connectivity index (χ3n) is 5.60. The van der Waals surface area contributed by atoms with Gasteiger partial charge in [0.05, 0.1) is 17.8 Å². The van der Waals surface area contributed by atoms with Gasteiger partial charge in [0.25, 0.3) is 0 Å². The summed E-state index contributed by atoms with van der Waals surface area (Å²) in [6.45, 7) is 0. The fraction of sp³-hybridized carbons (Fsp3) is 0.115. The van der Waals surface area contributed by atoms with Crippen LogP contribution in [0.15, 0.2) is 66.7 Å². The molecule has 5 nitrogen and oxygen atoms in total. The third kappa shape index (κ3) is 4.17. The van der Waals surface area contributed by atoms with Crippen molar-refractivity contribution in [3.8, 4) is 28.3 Å². The normalized spacial score (nSPS) is 12.1. The maximum atomic E-state index is 13.5. The van der Waals surface area contributed by atoms with Crippen LogP contribution in [0.5, 0.6) is 5.75 Å². The Bertz CT molecular complexity index is 1370. The summed E-state index contributed by atoms with van der Waals surface area (Å²) in [6, 6.07) is 18.0. The smallest absolute Gasteiger partial charge is 0.230 e. The van der Waals surface area contributed by atoms with E-state index in [-0.39, 0.29) is 12.2 Å². The molecule has 0 aliphatic heterocycles. The van der Waals surface area contributed by atoms with Crippen molar-refractivity contribution >= 4 is 11.7 Å². The van der Waals surface area contributed by atoms with Crippen LogP contribution in [-0.2, 0) is 24.1 Å². The van der Waals surface area contributed by atoms with Crippen molar-refractivity contribution in [1.29, 1.82) is 0 Å². The first-order valence-electron chi connectivity index (χ1n) is 10.5. The summed E-state index contributed by atoms with van der Waals surface area (Å²) in [6.07, 6.45) is 1.17. The Kier molecular flexibility index (Phi) is 5.30. The fourth-order valence-corrected chi connectivity index (χ4v) is 4.03. The number of aromatic hydroxyl groups is 1. The summed E-state index contributed by atoms with van der Waals surface area (Å²) in [4.78, 5) is 22.3. The van der Waals surface area contributed by atoms with Gasteiger partial charge in [-0.3, -0.25) is 4.79 Å². The number of fused-ring (bicyclic) bond motifs is 3. The molecule has 4 aromatic rings. The Balaban J connectivity index is 1.53. The van der Waals surface area contributed by atoms with Gasteiger partial charge in [-0.05, 0) is 54.3 Å². The molecule has 5 rings (SSSR count). The van der Waals surface area contributed by atoms with Crippen LogP contribution >= 0.6 is 0 Å². The lowest BCUT2D eigenvalue weighted by Crippen LogP contribution is -2.19. The average Bonchev–Trinajstić information content (AvgIpc) is 2.81. The van der Waals surface area contributed by atoms with Crippen molar-refractivity contribution in [3.05, 3.63) is 95.2 Å². The van der Waals surface area contributed by atoms with E-state index in [2.05, 4.69) is 5.32 Å². The first-order chi connectivity index (χ1) is 16.0. The van der Waals surface area contributed by atoms with E-state index < -0.39 is 17.5 Å². The maximum absolute atomic E-state index is 13.5. The standard InChI is InChI=1S/C26H19F2N3O2/c27-20-10-6-15(12-21(20)28)13-23(33)30-26-24(16-4-2-1-3-5-16)31-25-19-9-8-18(32)14-17(19)7-11-22(25)29-26/h1-6,8-10,12,14,32H,7,11,13H2,(H,29,30,33). The molecule has 0 saturated carbocycles. The van der Waals surface area contributed by atoms with Crippen LogP contribution < -0.4 is 5.32 Å². The molecule has 3 aromatic carbocycles.